The lowest BCUT2D eigenvalue weighted by atomic mass is 9.93. The number of aromatic nitrogens is 5. The number of nitrogens with one attached hydrogen (secondary N) is 1. The van der Waals surface area contributed by atoms with Crippen LogP contribution in [0.4, 0.5) is 0 Å². The number of hydrogen-bond acceptors (Lipinski definition) is 7. The van der Waals surface area contributed by atoms with E-state index in [9.17, 15) is 14.4 Å². The molecule has 0 atom stereocenters. The van der Waals surface area contributed by atoms with Gasteiger partial charge in [-0.05, 0) is 12.8 Å². The molecule has 1 aliphatic heterocycles. The Hall–Kier alpha value is -3.50. The fourth-order valence-electron chi connectivity index (χ4n) is 3.19. The van der Waals surface area contributed by atoms with Crippen LogP contribution in [0.1, 0.15) is 35.1 Å². The molecule has 0 radical (unpaired) electrons. The van der Waals surface area contributed by atoms with Crippen LogP contribution >= 0.6 is 0 Å². The Kier molecular flexibility index (Phi) is 3.75. The first-order valence-corrected chi connectivity index (χ1v) is 8.01. The van der Waals surface area contributed by atoms with Crippen molar-refractivity contribution < 1.29 is 14.1 Å². The number of carbonyl (C=O) groups excluding carboxylic acids is 2. The van der Waals surface area contributed by atoms with Gasteiger partial charge in [0.2, 0.25) is 6.41 Å². The van der Waals surface area contributed by atoms with Crippen molar-refractivity contribution in [3.63, 3.8) is 0 Å². The van der Waals surface area contributed by atoms with E-state index in [2.05, 4.69) is 20.2 Å². The Labute approximate surface area is 145 Å². The van der Waals surface area contributed by atoms with E-state index in [0.29, 0.717) is 24.3 Å². The number of fused-ring (bicyclic) bond motifs is 1. The Balaban J connectivity index is 1.77. The van der Waals surface area contributed by atoms with Crippen LogP contribution in [-0.2, 0) is 4.79 Å². The van der Waals surface area contributed by atoms with Crippen molar-refractivity contribution in [2.75, 3.05) is 13.1 Å². The smallest absolute Gasteiger partial charge is 0.290 e. The molecule has 0 aliphatic carbocycles. The number of amides is 2. The highest BCUT2D eigenvalue weighted by Crippen LogP contribution is 2.29. The van der Waals surface area contributed by atoms with Gasteiger partial charge in [0.1, 0.15) is 11.2 Å². The first-order valence-electron chi connectivity index (χ1n) is 8.01. The van der Waals surface area contributed by atoms with Crippen molar-refractivity contribution in [1.29, 1.82) is 0 Å². The molecular formula is C15H15N7O4. The Bertz CT molecular complexity index is 1040. The van der Waals surface area contributed by atoms with Gasteiger partial charge in [0, 0.05) is 25.1 Å². The van der Waals surface area contributed by atoms with E-state index in [0.717, 1.165) is 24.9 Å². The van der Waals surface area contributed by atoms with Crippen LogP contribution in [0.15, 0.2) is 21.6 Å². The van der Waals surface area contributed by atoms with Gasteiger partial charge in [-0.1, -0.05) is 5.16 Å². The number of likely N-dealkylation sites (tertiary alicyclic amines) is 1. The third-order valence-electron chi connectivity index (χ3n) is 4.51. The van der Waals surface area contributed by atoms with E-state index in [1.807, 2.05) is 0 Å². The van der Waals surface area contributed by atoms with E-state index in [1.165, 1.54) is 12.3 Å². The van der Waals surface area contributed by atoms with Gasteiger partial charge in [0.15, 0.2) is 0 Å². The largest absolute Gasteiger partial charge is 0.363 e. The molecule has 3 N–H and O–H groups in total. The average molecular weight is 357 g/mol. The predicted molar refractivity (Wildman–Crippen MR) is 87.2 cm³/mol. The first-order chi connectivity index (χ1) is 12.6. The molecular weight excluding hydrogens is 342 g/mol. The lowest BCUT2D eigenvalue weighted by Crippen LogP contribution is -2.32. The number of rotatable bonds is 4. The lowest BCUT2D eigenvalue weighted by molar-refractivity contribution is -0.119. The van der Waals surface area contributed by atoms with Crippen molar-refractivity contribution in [2.24, 2.45) is 5.73 Å². The molecule has 4 rings (SSSR count). The number of carbonyl (C=O) groups is 2. The Morgan fingerprint density at radius 3 is 2.81 bits per heavy atom. The molecule has 1 saturated heterocycles. The van der Waals surface area contributed by atoms with Gasteiger partial charge < -0.3 is 20.1 Å². The van der Waals surface area contributed by atoms with E-state index < -0.39 is 5.91 Å². The minimum absolute atomic E-state index is 0.0392. The first kappa shape index (κ1) is 16.0. The van der Waals surface area contributed by atoms with Crippen molar-refractivity contribution in [3.8, 4) is 11.5 Å². The zero-order valence-electron chi connectivity index (χ0n) is 13.6. The van der Waals surface area contributed by atoms with Crippen LogP contribution in [0.3, 0.4) is 0 Å². The molecule has 4 heterocycles. The van der Waals surface area contributed by atoms with E-state index >= 15 is 0 Å². The zero-order chi connectivity index (χ0) is 18.3. The maximum atomic E-state index is 12.2. The van der Waals surface area contributed by atoms with Crippen molar-refractivity contribution in [1.82, 2.24) is 29.6 Å². The number of aromatic amines is 1. The molecule has 2 amide bonds. The third-order valence-corrected chi connectivity index (χ3v) is 4.51. The van der Waals surface area contributed by atoms with Gasteiger partial charge in [0.05, 0.1) is 11.9 Å². The summed E-state index contributed by atoms with van der Waals surface area (Å²) < 4.78 is 6.67. The second-order valence-electron chi connectivity index (χ2n) is 6.08. The SMILES string of the molecule is NC(=O)c1noc(-c2cnn3c(C4CCN(C=O)CC4)cc(=O)[nH]c23)n1. The highest BCUT2D eigenvalue weighted by atomic mass is 16.5. The normalized spacial score (nSPS) is 15.5. The van der Waals surface area contributed by atoms with E-state index in [4.69, 9.17) is 10.3 Å². The molecule has 0 aromatic carbocycles. The molecule has 0 spiro atoms. The summed E-state index contributed by atoms with van der Waals surface area (Å²) >= 11 is 0. The summed E-state index contributed by atoms with van der Waals surface area (Å²) in [5.74, 6) is -0.934. The summed E-state index contributed by atoms with van der Waals surface area (Å²) in [4.78, 5) is 42.5. The quantitative estimate of drug-likeness (QED) is 0.597. The molecule has 1 fully saturated rings. The fourth-order valence-corrected chi connectivity index (χ4v) is 3.19. The molecule has 26 heavy (non-hydrogen) atoms. The van der Waals surface area contributed by atoms with E-state index in [-0.39, 0.29) is 23.2 Å². The summed E-state index contributed by atoms with van der Waals surface area (Å²) in [5.41, 5.74) is 6.38. The molecule has 0 bridgehead atoms. The molecule has 3 aromatic heterocycles. The Morgan fingerprint density at radius 2 is 2.15 bits per heavy atom. The summed E-state index contributed by atoms with van der Waals surface area (Å²) in [5, 5.41) is 7.83. The summed E-state index contributed by atoms with van der Waals surface area (Å²) in [6.45, 7) is 1.25. The topological polar surface area (TPSA) is 152 Å². The lowest BCUT2D eigenvalue weighted by Gasteiger charge is -2.29. The van der Waals surface area contributed by atoms with E-state index in [1.54, 1.807) is 9.42 Å². The van der Waals surface area contributed by atoms with Crippen LogP contribution in [-0.4, -0.2) is 55.0 Å². The van der Waals surface area contributed by atoms with Gasteiger partial charge in [-0.3, -0.25) is 14.4 Å². The molecule has 134 valence electrons. The van der Waals surface area contributed by atoms with Crippen LogP contribution in [0.25, 0.3) is 17.1 Å². The molecule has 11 nitrogen and oxygen atoms in total. The van der Waals surface area contributed by atoms with Gasteiger partial charge in [-0.25, -0.2) is 4.52 Å². The predicted octanol–water partition coefficient (Wildman–Crippen LogP) is -0.493. The molecule has 0 unspecified atom stereocenters. The van der Waals surface area contributed by atoms with Crippen molar-refractivity contribution >= 4 is 18.0 Å². The number of nitrogens with two attached hydrogens (primary N) is 1. The van der Waals surface area contributed by atoms with Crippen LogP contribution in [0.2, 0.25) is 0 Å². The highest BCUT2D eigenvalue weighted by molar-refractivity contribution is 5.89. The second kappa shape index (κ2) is 6.10. The summed E-state index contributed by atoms with van der Waals surface area (Å²) in [6.07, 6.45) is 3.78. The summed E-state index contributed by atoms with van der Waals surface area (Å²) in [6, 6.07) is 1.51. The third kappa shape index (κ3) is 2.62. The minimum Gasteiger partial charge on any atom is -0.363 e. The average Bonchev–Trinajstić information content (AvgIpc) is 3.28. The van der Waals surface area contributed by atoms with Crippen LogP contribution in [0, 0.1) is 0 Å². The molecule has 0 saturated carbocycles. The minimum atomic E-state index is -0.812. The summed E-state index contributed by atoms with van der Waals surface area (Å²) in [7, 11) is 0. The number of hydrogen-bond donors (Lipinski definition) is 2. The number of nitrogens with zero attached hydrogens (tertiary/aromatic N) is 5. The fraction of sp³-hybridized carbons (Fsp3) is 0.333. The number of H-pyrrole nitrogens is 1. The van der Waals surface area contributed by atoms with Gasteiger partial charge in [0.25, 0.3) is 23.2 Å². The molecule has 11 heteroatoms. The van der Waals surface area contributed by atoms with Crippen molar-refractivity contribution in [3.05, 3.63) is 34.1 Å². The van der Waals surface area contributed by atoms with Gasteiger partial charge in [-0.15, -0.1) is 0 Å². The monoisotopic (exact) mass is 357 g/mol. The standard InChI is InChI=1S/C15H15N7O4/c16-12(25)13-19-15(26-20-13)9-6-17-22-10(5-11(24)18-14(9)22)8-1-3-21(7-23)4-2-8/h5-8H,1-4H2,(H2,16,25)(H,18,24). The van der Waals surface area contributed by atoms with Gasteiger partial charge >= 0.3 is 0 Å². The number of primary amides is 1. The Morgan fingerprint density at radius 1 is 1.38 bits per heavy atom. The maximum absolute atomic E-state index is 12.2. The van der Waals surface area contributed by atoms with Crippen molar-refractivity contribution in [2.45, 2.75) is 18.8 Å². The van der Waals surface area contributed by atoms with Gasteiger partial charge in [-0.2, -0.15) is 10.1 Å². The molecule has 3 aromatic rings. The zero-order valence-corrected chi connectivity index (χ0v) is 13.6. The molecule has 1 aliphatic rings. The van der Waals surface area contributed by atoms with Crippen LogP contribution in [0.5, 0.6) is 0 Å². The number of piperidine rings is 1. The van der Waals surface area contributed by atoms with Crippen LogP contribution < -0.4 is 11.3 Å². The second-order valence-corrected chi connectivity index (χ2v) is 6.08. The maximum Gasteiger partial charge on any atom is 0.290 e. The highest BCUT2D eigenvalue weighted by Gasteiger charge is 2.25.